The standard InChI is InChI=1S/C12H9NO5.C12H10O3/c1-18-12(15)8-3-2-7-4-5-10(14)11(13(16)17)9(7)6-8;1-15-12(14)9-3-2-8-4-5-11(13)7-10(8)6-9/h2-6,14H,1H3;2-7,13H,1H3. The first-order valence-electron chi connectivity index (χ1n) is 9.54. The van der Waals surface area contributed by atoms with E-state index in [1.807, 2.05) is 6.07 Å². The number of nitrogens with zero attached hydrogens (tertiary/aromatic N) is 1. The molecule has 2 N–H and O–H groups in total. The predicted octanol–water partition coefficient (Wildman–Crippen LogP) is 4.57. The second-order valence-corrected chi connectivity index (χ2v) is 6.86. The van der Waals surface area contributed by atoms with Gasteiger partial charge in [-0.2, -0.15) is 0 Å². The Morgan fingerprint density at radius 2 is 1.30 bits per heavy atom. The molecule has 0 aliphatic rings. The van der Waals surface area contributed by atoms with E-state index in [9.17, 15) is 29.9 Å². The molecule has 0 aromatic heterocycles. The summed E-state index contributed by atoms with van der Waals surface area (Å²) >= 11 is 0. The van der Waals surface area contributed by atoms with Gasteiger partial charge in [0.15, 0.2) is 5.75 Å². The molecule has 9 heteroatoms. The van der Waals surface area contributed by atoms with Gasteiger partial charge < -0.3 is 19.7 Å². The lowest BCUT2D eigenvalue weighted by Crippen LogP contribution is -2.01. The van der Waals surface area contributed by atoms with Gasteiger partial charge in [-0.05, 0) is 58.6 Å². The minimum atomic E-state index is -0.682. The van der Waals surface area contributed by atoms with Crippen LogP contribution in [0.4, 0.5) is 5.69 Å². The summed E-state index contributed by atoms with van der Waals surface area (Å²) in [6.45, 7) is 0. The lowest BCUT2D eigenvalue weighted by atomic mass is 10.0. The summed E-state index contributed by atoms with van der Waals surface area (Å²) in [5.41, 5.74) is 0.257. The van der Waals surface area contributed by atoms with E-state index in [1.165, 1.54) is 32.4 Å². The topological polar surface area (TPSA) is 136 Å². The Kier molecular flexibility index (Phi) is 6.73. The van der Waals surface area contributed by atoms with Gasteiger partial charge >= 0.3 is 17.6 Å². The number of fused-ring (bicyclic) bond motifs is 2. The highest BCUT2D eigenvalue weighted by molar-refractivity contribution is 6.00. The smallest absolute Gasteiger partial charge is 0.337 e. The van der Waals surface area contributed by atoms with Crippen LogP contribution in [0.15, 0.2) is 66.7 Å². The number of hydrogen-bond acceptors (Lipinski definition) is 8. The van der Waals surface area contributed by atoms with E-state index in [0.29, 0.717) is 10.9 Å². The van der Waals surface area contributed by atoms with Gasteiger partial charge in [-0.15, -0.1) is 0 Å². The number of rotatable bonds is 3. The minimum Gasteiger partial charge on any atom is -0.508 e. The van der Waals surface area contributed by atoms with Gasteiger partial charge in [0.1, 0.15) is 5.75 Å². The number of ether oxygens (including phenoxy) is 2. The molecule has 33 heavy (non-hydrogen) atoms. The zero-order chi connectivity index (χ0) is 24.1. The molecule has 9 nitrogen and oxygen atoms in total. The Morgan fingerprint density at radius 1 is 0.758 bits per heavy atom. The van der Waals surface area contributed by atoms with Gasteiger partial charge in [-0.1, -0.05) is 24.3 Å². The molecule has 0 radical (unpaired) electrons. The van der Waals surface area contributed by atoms with Gasteiger partial charge in [0.2, 0.25) is 0 Å². The van der Waals surface area contributed by atoms with Gasteiger partial charge in [0.25, 0.3) is 0 Å². The van der Waals surface area contributed by atoms with Crippen molar-refractivity contribution in [1.29, 1.82) is 0 Å². The third-order valence-corrected chi connectivity index (χ3v) is 4.82. The highest BCUT2D eigenvalue weighted by atomic mass is 16.6. The van der Waals surface area contributed by atoms with Crippen LogP contribution in [0, 0.1) is 10.1 Å². The average Bonchev–Trinajstić information content (AvgIpc) is 2.82. The number of aromatic hydroxyl groups is 2. The fourth-order valence-electron chi connectivity index (χ4n) is 3.21. The van der Waals surface area contributed by atoms with Crippen molar-refractivity contribution in [1.82, 2.24) is 0 Å². The molecule has 0 bridgehead atoms. The Labute approximate surface area is 187 Å². The van der Waals surface area contributed by atoms with Crippen LogP contribution in [-0.4, -0.2) is 41.3 Å². The van der Waals surface area contributed by atoms with Crippen molar-refractivity contribution >= 4 is 39.2 Å². The van der Waals surface area contributed by atoms with Crippen LogP contribution in [0.25, 0.3) is 21.5 Å². The largest absolute Gasteiger partial charge is 0.508 e. The number of benzene rings is 4. The van der Waals surface area contributed by atoms with E-state index >= 15 is 0 Å². The van der Waals surface area contributed by atoms with Gasteiger partial charge in [0, 0.05) is 0 Å². The molecule has 0 unspecified atom stereocenters. The first-order chi connectivity index (χ1) is 15.7. The van der Waals surface area contributed by atoms with E-state index in [1.54, 1.807) is 42.5 Å². The first kappa shape index (κ1) is 23.0. The second-order valence-electron chi connectivity index (χ2n) is 6.86. The number of carbonyl (C=O) groups is 2. The number of nitro groups is 1. The molecule has 0 saturated carbocycles. The maximum absolute atomic E-state index is 11.4. The van der Waals surface area contributed by atoms with Crippen LogP contribution in [0.3, 0.4) is 0 Å². The van der Waals surface area contributed by atoms with E-state index in [0.717, 1.165) is 10.8 Å². The molecule has 4 rings (SSSR count). The molecule has 4 aromatic rings. The van der Waals surface area contributed by atoms with Crippen molar-refractivity contribution in [3.63, 3.8) is 0 Å². The first-order valence-corrected chi connectivity index (χ1v) is 9.54. The maximum Gasteiger partial charge on any atom is 0.337 e. The molecular weight excluding hydrogens is 430 g/mol. The minimum absolute atomic E-state index is 0.185. The van der Waals surface area contributed by atoms with Crippen molar-refractivity contribution < 1.29 is 34.2 Å². The Hall–Kier alpha value is -4.66. The molecule has 0 heterocycles. The number of esters is 2. The molecule has 4 aromatic carbocycles. The van der Waals surface area contributed by atoms with Crippen molar-refractivity contribution in [2.75, 3.05) is 14.2 Å². The fraction of sp³-hybridized carbons (Fsp3) is 0.0833. The summed E-state index contributed by atoms with van der Waals surface area (Å²) < 4.78 is 9.16. The lowest BCUT2D eigenvalue weighted by molar-refractivity contribution is -0.384. The van der Waals surface area contributed by atoms with E-state index in [4.69, 9.17) is 0 Å². The zero-order valence-electron chi connectivity index (χ0n) is 17.6. The van der Waals surface area contributed by atoms with Crippen LogP contribution in [0.1, 0.15) is 20.7 Å². The van der Waals surface area contributed by atoms with Crippen LogP contribution in [0.2, 0.25) is 0 Å². The molecule has 0 spiro atoms. The molecule has 0 amide bonds. The summed E-state index contributed by atoms with van der Waals surface area (Å²) in [5, 5.41) is 32.3. The summed E-state index contributed by atoms with van der Waals surface area (Å²) in [7, 11) is 2.57. The Balaban J connectivity index is 0.000000189. The number of hydrogen-bond donors (Lipinski definition) is 2. The van der Waals surface area contributed by atoms with Crippen molar-refractivity contribution in [3.05, 3.63) is 88.0 Å². The van der Waals surface area contributed by atoms with Gasteiger partial charge in [-0.25, -0.2) is 9.59 Å². The van der Waals surface area contributed by atoms with E-state index in [2.05, 4.69) is 9.47 Å². The Bertz CT molecular complexity index is 1380. The van der Waals surface area contributed by atoms with E-state index in [-0.39, 0.29) is 22.7 Å². The highest BCUT2D eigenvalue weighted by Gasteiger charge is 2.19. The third kappa shape index (κ3) is 4.99. The van der Waals surface area contributed by atoms with Gasteiger partial charge in [0.05, 0.1) is 35.7 Å². The molecule has 0 saturated heterocycles. The number of carbonyl (C=O) groups excluding carboxylic acids is 2. The molecule has 0 fully saturated rings. The molecular formula is C24H19NO8. The SMILES string of the molecule is COC(=O)c1ccc2ccc(O)c([N+](=O)[O-])c2c1.COC(=O)c1ccc2ccc(O)cc2c1. The summed E-state index contributed by atoms with van der Waals surface area (Å²) in [6.07, 6.45) is 0. The van der Waals surface area contributed by atoms with Crippen LogP contribution >= 0.6 is 0 Å². The van der Waals surface area contributed by atoms with Crippen molar-refractivity contribution in [2.45, 2.75) is 0 Å². The zero-order valence-corrected chi connectivity index (χ0v) is 17.6. The quantitative estimate of drug-likeness (QED) is 0.264. The summed E-state index contributed by atoms with van der Waals surface area (Å²) in [4.78, 5) is 32.9. The monoisotopic (exact) mass is 449 g/mol. The number of nitro benzene ring substituents is 1. The number of phenols is 2. The van der Waals surface area contributed by atoms with Crippen LogP contribution in [0.5, 0.6) is 11.5 Å². The predicted molar refractivity (Wildman–Crippen MR) is 121 cm³/mol. The molecule has 0 aliphatic carbocycles. The molecule has 0 atom stereocenters. The number of phenolic OH excluding ortho intramolecular Hbond substituents is 2. The summed E-state index contributed by atoms with van der Waals surface area (Å²) in [6, 6.07) is 17.4. The van der Waals surface area contributed by atoms with Crippen LogP contribution < -0.4 is 0 Å². The normalized spacial score (nSPS) is 10.2. The lowest BCUT2D eigenvalue weighted by Gasteiger charge is -2.04. The van der Waals surface area contributed by atoms with E-state index < -0.39 is 22.3 Å². The average molecular weight is 449 g/mol. The van der Waals surface area contributed by atoms with Crippen LogP contribution in [-0.2, 0) is 9.47 Å². The number of methoxy groups -OCH3 is 2. The second kappa shape index (κ2) is 9.65. The van der Waals surface area contributed by atoms with Gasteiger partial charge in [-0.3, -0.25) is 10.1 Å². The van der Waals surface area contributed by atoms with Crippen molar-refractivity contribution in [2.24, 2.45) is 0 Å². The third-order valence-electron chi connectivity index (χ3n) is 4.82. The summed E-state index contributed by atoms with van der Waals surface area (Å²) in [5.74, 6) is -1.21. The maximum atomic E-state index is 11.4. The highest BCUT2D eigenvalue weighted by Crippen LogP contribution is 2.34. The molecule has 0 aliphatic heterocycles. The fourth-order valence-corrected chi connectivity index (χ4v) is 3.21. The molecule has 168 valence electrons. The Morgan fingerprint density at radius 3 is 1.91 bits per heavy atom. The van der Waals surface area contributed by atoms with Crippen molar-refractivity contribution in [3.8, 4) is 11.5 Å².